The van der Waals surface area contributed by atoms with E-state index in [1.54, 1.807) is 24.3 Å². The largest absolute Gasteiger partial charge is 0.491 e. The van der Waals surface area contributed by atoms with Gasteiger partial charge < -0.3 is 15.2 Å². The Kier molecular flexibility index (Phi) is 6.96. The van der Waals surface area contributed by atoms with Crippen molar-refractivity contribution in [2.24, 2.45) is 11.3 Å². The van der Waals surface area contributed by atoms with Crippen molar-refractivity contribution < 1.29 is 19.1 Å². The number of hydrogen-bond donors (Lipinski definition) is 2. The first-order chi connectivity index (χ1) is 18.1. The molecule has 1 aliphatic carbocycles. The van der Waals surface area contributed by atoms with Gasteiger partial charge in [0.05, 0.1) is 6.04 Å². The highest BCUT2D eigenvalue weighted by molar-refractivity contribution is 7.19. The highest BCUT2D eigenvalue weighted by Gasteiger charge is 2.30. The summed E-state index contributed by atoms with van der Waals surface area (Å²) in [6, 6.07) is 9.77. The van der Waals surface area contributed by atoms with E-state index in [0.29, 0.717) is 22.1 Å². The van der Waals surface area contributed by atoms with Crippen molar-refractivity contribution in [1.82, 2.24) is 20.3 Å². The number of aromatic hydroxyl groups is 1. The van der Waals surface area contributed by atoms with Gasteiger partial charge in [-0.05, 0) is 59.4 Å². The maximum absolute atomic E-state index is 13.7. The maximum Gasteiger partial charge on any atom is 0.280 e. The van der Waals surface area contributed by atoms with Crippen LogP contribution in [0.25, 0.3) is 21.5 Å². The number of carbonyl (C=O) groups is 2. The molecule has 4 aromatic rings. The lowest BCUT2D eigenvalue weighted by atomic mass is 9.71. The van der Waals surface area contributed by atoms with Crippen LogP contribution in [0.15, 0.2) is 42.6 Å². The number of carbonyl (C=O) groups excluding carboxylic acids is 2. The number of halogens is 1. The SMILES string of the molecule is CC(C)(C)C1CCc2nc3sc(C(=O)N[C@H](CC=O)c4ccc(-c5cnc(O)c(F)c5)cc4)nc3cc2C1. The van der Waals surface area contributed by atoms with Crippen LogP contribution in [0.4, 0.5) is 4.39 Å². The van der Waals surface area contributed by atoms with Crippen molar-refractivity contribution in [1.29, 1.82) is 0 Å². The molecule has 1 aromatic carbocycles. The van der Waals surface area contributed by atoms with Gasteiger partial charge >= 0.3 is 0 Å². The Balaban J connectivity index is 1.35. The van der Waals surface area contributed by atoms with Crippen LogP contribution >= 0.6 is 11.3 Å². The molecule has 7 nitrogen and oxygen atoms in total. The molecule has 3 aromatic heterocycles. The van der Waals surface area contributed by atoms with Crippen molar-refractivity contribution in [3.05, 3.63) is 70.2 Å². The van der Waals surface area contributed by atoms with Gasteiger partial charge in [0.1, 0.15) is 16.6 Å². The molecule has 5 rings (SSSR count). The summed E-state index contributed by atoms with van der Waals surface area (Å²) in [7, 11) is 0. The van der Waals surface area contributed by atoms with Crippen LogP contribution in [0.1, 0.15) is 66.3 Å². The molecule has 1 amide bonds. The minimum atomic E-state index is -0.808. The summed E-state index contributed by atoms with van der Waals surface area (Å²) < 4.78 is 13.7. The fraction of sp³-hybridized carbons (Fsp3) is 0.345. The monoisotopic (exact) mass is 532 g/mol. The lowest BCUT2D eigenvalue weighted by Crippen LogP contribution is -2.28. The molecule has 2 N–H and O–H groups in total. The zero-order chi connectivity index (χ0) is 27.0. The number of rotatable bonds is 6. The van der Waals surface area contributed by atoms with Crippen LogP contribution in [0.2, 0.25) is 0 Å². The average Bonchev–Trinajstić information content (AvgIpc) is 3.31. The van der Waals surface area contributed by atoms with Gasteiger partial charge in [-0.2, -0.15) is 0 Å². The molecule has 0 saturated heterocycles. The molecule has 9 heteroatoms. The average molecular weight is 533 g/mol. The van der Waals surface area contributed by atoms with E-state index >= 15 is 0 Å². The molecular formula is C29H29FN4O3S. The van der Waals surface area contributed by atoms with Gasteiger partial charge in [-0.25, -0.2) is 19.3 Å². The minimum Gasteiger partial charge on any atom is -0.491 e. The first-order valence-corrected chi connectivity index (χ1v) is 13.4. The molecule has 0 fully saturated rings. The van der Waals surface area contributed by atoms with E-state index in [-0.39, 0.29) is 17.7 Å². The quantitative estimate of drug-likeness (QED) is 0.304. The lowest BCUT2D eigenvalue weighted by Gasteiger charge is -2.34. The lowest BCUT2D eigenvalue weighted by molar-refractivity contribution is -0.108. The minimum absolute atomic E-state index is 0.0894. The molecule has 2 atom stereocenters. The predicted octanol–water partition coefficient (Wildman–Crippen LogP) is 5.81. The number of benzene rings is 1. The van der Waals surface area contributed by atoms with E-state index in [1.807, 2.05) is 0 Å². The van der Waals surface area contributed by atoms with E-state index < -0.39 is 17.7 Å². The molecule has 38 heavy (non-hydrogen) atoms. The Morgan fingerprint density at radius 2 is 1.97 bits per heavy atom. The number of aromatic nitrogens is 3. The van der Waals surface area contributed by atoms with E-state index in [2.05, 4.69) is 42.1 Å². The van der Waals surface area contributed by atoms with Crippen molar-refractivity contribution in [2.75, 3.05) is 0 Å². The normalized spacial score (nSPS) is 16.2. The second kappa shape index (κ2) is 10.2. The Morgan fingerprint density at radius 1 is 1.21 bits per heavy atom. The van der Waals surface area contributed by atoms with Crippen molar-refractivity contribution in [3.8, 4) is 17.0 Å². The smallest absolute Gasteiger partial charge is 0.280 e. The van der Waals surface area contributed by atoms with Gasteiger partial charge in [-0.3, -0.25) is 4.79 Å². The van der Waals surface area contributed by atoms with Gasteiger partial charge in [0.25, 0.3) is 5.91 Å². The number of amides is 1. The number of aryl methyl sites for hydroxylation is 1. The number of fused-ring (bicyclic) bond motifs is 2. The fourth-order valence-electron chi connectivity index (χ4n) is 4.94. The summed E-state index contributed by atoms with van der Waals surface area (Å²) in [6.07, 6.45) is 5.22. The fourth-order valence-corrected chi connectivity index (χ4v) is 5.78. The van der Waals surface area contributed by atoms with Crippen LogP contribution in [-0.2, 0) is 17.6 Å². The van der Waals surface area contributed by atoms with Gasteiger partial charge in [-0.1, -0.05) is 56.4 Å². The molecule has 1 aliphatic rings. The van der Waals surface area contributed by atoms with Gasteiger partial charge in [0, 0.05) is 23.9 Å². The highest BCUT2D eigenvalue weighted by atomic mass is 32.1. The zero-order valence-corrected chi connectivity index (χ0v) is 22.3. The molecule has 1 unspecified atom stereocenters. The topological polar surface area (TPSA) is 105 Å². The Labute approximate surface area is 224 Å². The number of aldehydes is 1. The number of nitrogens with one attached hydrogen (secondary N) is 1. The second-order valence-corrected chi connectivity index (χ2v) is 11.8. The van der Waals surface area contributed by atoms with Crippen molar-refractivity contribution >= 4 is 33.9 Å². The third-order valence-electron chi connectivity index (χ3n) is 7.27. The van der Waals surface area contributed by atoms with Crippen LogP contribution in [0.3, 0.4) is 0 Å². The summed E-state index contributed by atoms with van der Waals surface area (Å²) >= 11 is 1.26. The third kappa shape index (κ3) is 5.29. The van der Waals surface area contributed by atoms with E-state index in [9.17, 15) is 19.1 Å². The molecule has 0 saturated carbocycles. The van der Waals surface area contributed by atoms with E-state index in [4.69, 9.17) is 4.98 Å². The molecule has 3 heterocycles. The summed E-state index contributed by atoms with van der Waals surface area (Å²) in [5.41, 5.74) is 5.17. The summed E-state index contributed by atoms with van der Waals surface area (Å²) in [5.74, 6) is -1.24. The Bertz CT molecular complexity index is 1510. The van der Waals surface area contributed by atoms with Gasteiger partial charge in [-0.15, -0.1) is 0 Å². The number of thiazole rings is 1. The third-order valence-corrected chi connectivity index (χ3v) is 8.24. The summed E-state index contributed by atoms with van der Waals surface area (Å²) in [6.45, 7) is 6.81. The van der Waals surface area contributed by atoms with E-state index in [0.717, 1.165) is 47.2 Å². The van der Waals surface area contributed by atoms with E-state index in [1.165, 1.54) is 29.2 Å². The molecule has 0 bridgehead atoms. The Hall–Kier alpha value is -3.72. The highest BCUT2D eigenvalue weighted by Crippen LogP contribution is 2.38. The van der Waals surface area contributed by atoms with Gasteiger partial charge in [0.15, 0.2) is 10.8 Å². The molecule has 0 radical (unpaired) electrons. The molecule has 196 valence electrons. The van der Waals surface area contributed by atoms with Crippen molar-refractivity contribution in [2.45, 2.75) is 52.5 Å². The number of pyridine rings is 2. The Morgan fingerprint density at radius 3 is 2.66 bits per heavy atom. The van der Waals surface area contributed by atoms with Crippen LogP contribution in [0.5, 0.6) is 5.88 Å². The zero-order valence-electron chi connectivity index (χ0n) is 21.5. The first kappa shape index (κ1) is 25.9. The predicted molar refractivity (Wildman–Crippen MR) is 145 cm³/mol. The van der Waals surface area contributed by atoms with Crippen LogP contribution < -0.4 is 5.32 Å². The van der Waals surface area contributed by atoms with Crippen LogP contribution in [-0.4, -0.2) is 32.3 Å². The second-order valence-electron chi connectivity index (χ2n) is 10.8. The van der Waals surface area contributed by atoms with Crippen molar-refractivity contribution in [3.63, 3.8) is 0 Å². The molecule has 0 spiro atoms. The number of nitrogens with zero attached hydrogens (tertiary/aromatic N) is 3. The molecule has 0 aliphatic heterocycles. The van der Waals surface area contributed by atoms with Gasteiger partial charge in [0.2, 0.25) is 5.88 Å². The summed E-state index contributed by atoms with van der Waals surface area (Å²) in [5, 5.41) is 12.6. The number of hydrogen-bond acceptors (Lipinski definition) is 7. The van der Waals surface area contributed by atoms with Crippen LogP contribution in [0, 0.1) is 17.2 Å². The maximum atomic E-state index is 13.7. The first-order valence-electron chi connectivity index (χ1n) is 12.6. The molecular weight excluding hydrogens is 503 g/mol. The standard InChI is InChI=1S/C29H29FN4O3S/c1-29(2,3)20-8-9-22-18(12-20)14-24-27(33-22)38-28(34-24)26(37)32-23(10-11-35)17-6-4-16(5-7-17)19-13-21(30)25(36)31-15-19/h4-7,11,13-15,20,23H,8-10,12H2,1-3H3,(H,31,36)(H,32,37)/t20?,23-/m1/s1. The summed E-state index contributed by atoms with van der Waals surface area (Å²) in [4.78, 5) is 38.3.